The quantitative estimate of drug-likeness (QED) is 0.777. The van der Waals surface area contributed by atoms with E-state index in [1.807, 2.05) is 23.6 Å². The SMILES string of the molecule is NC(C(=O)O)c1csc(-c2csc3ccccc23)n1. The molecular weight excluding hydrogens is 280 g/mol. The molecule has 4 nitrogen and oxygen atoms in total. The molecule has 0 amide bonds. The first-order valence-corrected chi connectivity index (χ1v) is 7.33. The van der Waals surface area contributed by atoms with Gasteiger partial charge in [0.25, 0.3) is 0 Å². The Labute approximate surface area is 117 Å². The van der Waals surface area contributed by atoms with E-state index in [0.29, 0.717) is 5.69 Å². The molecule has 1 aromatic carbocycles. The van der Waals surface area contributed by atoms with E-state index in [1.165, 1.54) is 16.0 Å². The lowest BCUT2D eigenvalue weighted by molar-refractivity contribution is -0.138. The summed E-state index contributed by atoms with van der Waals surface area (Å²) in [5.41, 5.74) is 7.01. The second kappa shape index (κ2) is 4.73. The van der Waals surface area contributed by atoms with E-state index >= 15 is 0 Å². The predicted molar refractivity (Wildman–Crippen MR) is 77.5 cm³/mol. The Morgan fingerprint density at radius 3 is 2.84 bits per heavy atom. The van der Waals surface area contributed by atoms with Gasteiger partial charge in [0.1, 0.15) is 11.0 Å². The number of fused-ring (bicyclic) bond motifs is 1. The van der Waals surface area contributed by atoms with Crippen molar-refractivity contribution in [3.8, 4) is 10.6 Å². The Bertz CT molecular complexity index is 748. The number of thiophene rings is 1. The van der Waals surface area contributed by atoms with Gasteiger partial charge >= 0.3 is 5.97 Å². The van der Waals surface area contributed by atoms with Gasteiger partial charge in [0.15, 0.2) is 0 Å². The number of hydrogen-bond acceptors (Lipinski definition) is 5. The number of nitrogens with zero attached hydrogens (tertiary/aromatic N) is 1. The van der Waals surface area contributed by atoms with E-state index in [9.17, 15) is 4.79 Å². The molecule has 0 bridgehead atoms. The first-order valence-electron chi connectivity index (χ1n) is 5.57. The van der Waals surface area contributed by atoms with Crippen LogP contribution in [0.1, 0.15) is 11.7 Å². The summed E-state index contributed by atoms with van der Waals surface area (Å²) in [6.07, 6.45) is 0. The third-order valence-electron chi connectivity index (χ3n) is 2.82. The summed E-state index contributed by atoms with van der Waals surface area (Å²) < 4.78 is 1.19. The number of aliphatic carboxylic acids is 1. The molecule has 1 unspecified atom stereocenters. The lowest BCUT2D eigenvalue weighted by atomic mass is 10.2. The molecule has 0 aliphatic rings. The number of carboxylic acids is 1. The van der Waals surface area contributed by atoms with Crippen LogP contribution in [0, 0.1) is 0 Å². The van der Waals surface area contributed by atoms with Crippen LogP contribution in [-0.4, -0.2) is 16.1 Å². The van der Waals surface area contributed by atoms with Crippen molar-refractivity contribution < 1.29 is 9.90 Å². The highest BCUT2D eigenvalue weighted by molar-refractivity contribution is 7.18. The van der Waals surface area contributed by atoms with Crippen LogP contribution in [0.25, 0.3) is 20.7 Å². The van der Waals surface area contributed by atoms with Gasteiger partial charge in [-0.1, -0.05) is 18.2 Å². The fourth-order valence-corrected chi connectivity index (χ4v) is 3.73. The molecule has 0 aliphatic carbocycles. The van der Waals surface area contributed by atoms with E-state index in [1.54, 1.807) is 16.7 Å². The molecule has 2 aromatic heterocycles. The van der Waals surface area contributed by atoms with Gasteiger partial charge in [0.2, 0.25) is 0 Å². The van der Waals surface area contributed by atoms with Crippen molar-refractivity contribution in [2.75, 3.05) is 0 Å². The third-order valence-corrected chi connectivity index (χ3v) is 4.68. The Balaban J connectivity index is 2.05. The Kier molecular flexibility index (Phi) is 3.06. The minimum atomic E-state index is -1.06. The largest absolute Gasteiger partial charge is 0.480 e. The van der Waals surface area contributed by atoms with Gasteiger partial charge < -0.3 is 10.8 Å². The van der Waals surface area contributed by atoms with Gasteiger partial charge in [-0.15, -0.1) is 22.7 Å². The summed E-state index contributed by atoms with van der Waals surface area (Å²) in [5, 5.41) is 14.6. The standard InChI is InChI=1S/C13H10N2O2S2/c14-11(13(16)17)9-6-19-12(15-9)8-5-18-10-4-2-1-3-7(8)10/h1-6,11H,14H2,(H,16,17). The molecule has 2 heterocycles. The topological polar surface area (TPSA) is 76.2 Å². The fourth-order valence-electron chi connectivity index (χ4n) is 1.82. The fraction of sp³-hybridized carbons (Fsp3) is 0.0769. The zero-order chi connectivity index (χ0) is 13.4. The van der Waals surface area contributed by atoms with Crippen LogP contribution in [0.2, 0.25) is 0 Å². The lowest BCUT2D eigenvalue weighted by Crippen LogP contribution is -2.20. The third kappa shape index (κ3) is 2.14. The number of benzene rings is 1. The molecule has 3 N–H and O–H groups in total. The van der Waals surface area contributed by atoms with Gasteiger partial charge in [-0.25, -0.2) is 4.98 Å². The summed E-state index contributed by atoms with van der Waals surface area (Å²) in [5.74, 6) is -1.06. The van der Waals surface area contributed by atoms with Crippen molar-refractivity contribution in [3.63, 3.8) is 0 Å². The molecule has 0 saturated heterocycles. The van der Waals surface area contributed by atoms with E-state index in [4.69, 9.17) is 10.8 Å². The Morgan fingerprint density at radius 2 is 2.05 bits per heavy atom. The molecule has 3 aromatic rings. The van der Waals surface area contributed by atoms with Crippen molar-refractivity contribution in [3.05, 3.63) is 40.7 Å². The average molecular weight is 290 g/mol. The summed E-state index contributed by atoms with van der Waals surface area (Å²) in [6.45, 7) is 0. The number of hydrogen-bond donors (Lipinski definition) is 2. The van der Waals surface area contributed by atoms with Gasteiger partial charge in [0.05, 0.1) is 5.69 Å². The maximum Gasteiger partial charge on any atom is 0.326 e. The van der Waals surface area contributed by atoms with Gasteiger partial charge in [-0.3, -0.25) is 4.79 Å². The smallest absolute Gasteiger partial charge is 0.326 e. The minimum Gasteiger partial charge on any atom is -0.480 e. The molecule has 0 saturated carbocycles. The van der Waals surface area contributed by atoms with Crippen LogP contribution >= 0.6 is 22.7 Å². The summed E-state index contributed by atoms with van der Waals surface area (Å²) in [7, 11) is 0. The van der Waals surface area contributed by atoms with Crippen LogP contribution in [0.15, 0.2) is 35.0 Å². The summed E-state index contributed by atoms with van der Waals surface area (Å²) >= 11 is 3.07. The van der Waals surface area contributed by atoms with Gasteiger partial charge in [0, 0.05) is 26.4 Å². The molecule has 0 fully saturated rings. The molecule has 19 heavy (non-hydrogen) atoms. The zero-order valence-corrected chi connectivity index (χ0v) is 11.4. The number of rotatable bonds is 3. The Hall–Kier alpha value is -1.76. The second-order valence-electron chi connectivity index (χ2n) is 4.04. The van der Waals surface area contributed by atoms with Crippen LogP contribution < -0.4 is 5.73 Å². The molecule has 3 rings (SSSR count). The molecular formula is C13H10N2O2S2. The van der Waals surface area contributed by atoms with Crippen molar-refractivity contribution >= 4 is 38.7 Å². The minimum absolute atomic E-state index is 0.405. The van der Waals surface area contributed by atoms with Crippen molar-refractivity contribution in [2.24, 2.45) is 5.73 Å². The highest BCUT2D eigenvalue weighted by Gasteiger charge is 2.19. The van der Waals surface area contributed by atoms with E-state index < -0.39 is 12.0 Å². The summed E-state index contributed by atoms with van der Waals surface area (Å²) in [4.78, 5) is 15.2. The van der Waals surface area contributed by atoms with Gasteiger partial charge in [-0.05, 0) is 6.07 Å². The monoisotopic (exact) mass is 290 g/mol. The van der Waals surface area contributed by atoms with E-state index in [2.05, 4.69) is 11.1 Å². The molecule has 0 spiro atoms. The molecule has 6 heteroatoms. The number of nitrogens with two attached hydrogens (primary N) is 1. The zero-order valence-electron chi connectivity index (χ0n) is 9.74. The summed E-state index contributed by atoms with van der Waals surface area (Å²) in [6, 6.07) is 7.02. The number of carbonyl (C=O) groups is 1. The van der Waals surface area contributed by atoms with Crippen LogP contribution in [0.4, 0.5) is 0 Å². The van der Waals surface area contributed by atoms with Crippen LogP contribution in [-0.2, 0) is 4.79 Å². The highest BCUT2D eigenvalue weighted by atomic mass is 32.1. The Morgan fingerprint density at radius 1 is 1.26 bits per heavy atom. The molecule has 0 radical (unpaired) electrons. The first kappa shape index (κ1) is 12.3. The molecule has 96 valence electrons. The van der Waals surface area contributed by atoms with Crippen molar-refractivity contribution in [2.45, 2.75) is 6.04 Å². The van der Waals surface area contributed by atoms with E-state index in [0.717, 1.165) is 16.0 Å². The maximum atomic E-state index is 10.8. The molecule has 1 atom stereocenters. The van der Waals surface area contributed by atoms with Crippen LogP contribution in [0.3, 0.4) is 0 Å². The average Bonchev–Trinajstić information content (AvgIpc) is 3.03. The highest BCUT2D eigenvalue weighted by Crippen LogP contribution is 2.35. The second-order valence-corrected chi connectivity index (χ2v) is 5.81. The normalized spacial score (nSPS) is 12.7. The van der Waals surface area contributed by atoms with Crippen molar-refractivity contribution in [1.82, 2.24) is 4.98 Å². The maximum absolute atomic E-state index is 10.8. The number of aromatic nitrogens is 1. The van der Waals surface area contributed by atoms with E-state index in [-0.39, 0.29) is 0 Å². The predicted octanol–water partition coefficient (Wildman–Crippen LogP) is 3.11. The first-order chi connectivity index (χ1) is 9.16. The lowest BCUT2D eigenvalue weighted by Gasteiger charge is -2.00. The van der Waals surface area contributed by atoms with Crippen molar-refractivity contribution in [1.29, 1.82) is 0 Å². The molecule has 0 aliphatic heterocycles. The number of thiazole rings is 1. The van der Waals surface area contributed by atoms with Crippen LogP contribution in [0.5, 0.6) is 0 Å². The van der Waals surface area contributed by atoms with Gasteiger partial charge in [-0.2, -0.15) is 0 Å². The number of carboxylic acid groups (broad SMARTS) is 1.